The maximum absolute atomic E-state index is 14.3. The van der Waals surface area contributed by atoms with Gasteiger partial charge in [0, 0.05) is 29.9 Å². The van der Waals surface area contributed by atoms with Gasteiger partial charge in [-0.2, -0.15) is 0 Å². The van der Waals surface area contributed by atoms with Gasteiger partial charge in [-0.05, 0) is 45.9 Å². The van der Waals surface area contributed by atoms with Crippen molar-refractivity contribution < 1.29 is 4.39 Å². The average molecular weight is 280 g/mol. The normalized spacial score (nSPS) is 14.1. The van der Waals surface area contributed by atoms with E-state index in [4.69, 9.17) is 0 Å². The lowest BCUT2D eigenvalue weighted by molar-refractivity contribution is 0.546. The monoisotopic (exact) mass is 280 g/mol. The van der Waals surface area contributed by atoms with Crippen LogP contribution in [0.5, 0.6) is 0 Å². The van der Waals surface area contributed by atoms with Gasteiger partial charge in [0.25, 0.3) is 0 Å². The van der Waals surface area contributed by atoms with Crippen molar-refractivity contribution in [1.29, 1.82) is 0 Å². The zero-order valence-electron chi connectivity index (χ0n) is 13.5. The van der Waals surface area contributed by atoms with Gasteiger partial charge < -0.3 is 10.2 Å². The van der Waals surface area contributed by atoms with Crippen molar-refractivity contribution in [2.24, 2.45) is 0 Å². The van der Waals surface area contributed by atoms with E-state index in [9.17, 15) is 4.39 Å². The largest absolute Gasteiger partial charge is 0.368 e. The molecule has 0 saturated carbocycles. The molecule has 1 rings (SSSR count). The Hall–Kier alpha value is -1.09. The first-order chi connectivity index (χ1) is 9.56. The van der Waals surface area contributed by atoms with Gasteiger partial charge in [0.1, 0.15) is 5.82 Å². The van der Waals surface area contributed by atoms with Crippen LogP contribution in [0.1, 0.15) is 58.6 Å². The highest BCUT2D eigenvalue weighted by Crippen LogP contribution is 2.31. The third-order valence-electron chi connectivity index (χ3n) is 4.08. The fourth-order valence-corrected chi connectivity index (χ4v) is 2.48. The summed E-state index contributed by atoms with van der Waals surface area (Å²) in [6.07, 6.45) is 3.35. The maximum Gasteiger partial charge on any atom is 0.130 e. The molecule has 0 fully saturated rings. The molecule has 0 saturated heterocycles. The molecular weight excluding hydrogens is 251 g/mol. The summed E-state index contributed by atoms with van der Waals surface area (Å²) in [5.74, 6) is -0.117. The lowest BCUT2D eigenvalue weighted by atomic mass is 10.0. The second-order valence-electron chi connectivity index (χ2n) is 5.49. The van der Waals surface area contributed by atoms with Crippen molar-refractivity contribution in [3.05, 3.63) is 29.6 Å². The lowest BCUT2D eigenvalue weighted by Gasteiger charge is -2.34. The third-order valence-corrected chi connectivity index (χ3v) is 4.08. The number of hydrogen-bond acceptors (Lipinski definition) is 2. The molecule has 2 nitrogen and oxygen atoms in total. The van der Waals surface area contributed by atoms with Crippen LogP contribution in [-0.2, 0) is 0 Å². The summed E-state index contributed by atoms with van der Waals surface area (Å²) in [6, 6.07) is 5.86. The van der Waals surface area contributed by atoms with Crippen LogP contribution in [-0.4, -0.2) is 19.6 Å². The van der Waals surface area contributed by atoms with Gasteiger partial charge in [0.2, 0.25) is 0 Å². The number of anilines is 1. The standard InChI is InChI=1S/C17H29FN2/c1-6-8-12-20(13(3)7-2)16-11-9-10-15(18)17(16)14(4)19-5/h9-11,13-14,19H,6-8,12H2,1-5H3. The minimum Gasteiger partial charge on any atom is -0.368 e. The molecule has 2 unspecified atom stereocenters. The number of benzene rings is 1. The lowest BCUT2D eigenvalue weighted by Crippen LogP contribution is -2.35. The molecule has 0 radical (unpaired) electrons. The number of nitrogens with zero attached hydrogens (tertiary/aromatic N) is 1. The van der Waals surface area contributed by atoms with Crippen LogP contribution < -0.4 is 10.2 Å². The molecule has 2 atom stereocenters. The maximum atomic E-state index is 14.3. The van der Waals surface area contributed by atoms with Gasteiger partial charge in [-0.15, -0.1) is 0 Å². The third kappa shape index (κ3) is 3.95. The van der Waals surface area contributed by atoms with Crippen molar-refractivity contribution in [3.8, 4) is 0 Å². The predicted octanol–water partition coefficient (Wildman–Crippen LogP) is 4.51. The summed E-state index contributed by atoms with van der Waals surface area (Å²) in [4.78, 5) is 2.36. The van der Waals surface area contributed by atoms with E-state index in [0.717, 1.165) is 37.1 Å². The summed E-state index contributed by atoms with van der Waals surface area (Å²) in [7, 11) is 1.88. The average Bonchev–Trinajstić information content (AvgIpc) is 2.46. The van der Waals surface area contributed by atoms with Crippen molar-refractivity contribution in [1.82, 2.24) is 5.32 Å². The summed E-state index contributed by atoms with van der Waals surface area (Å²) >= 11 is 0. The summed E-state index contributed by atoms with van der Waals surface area (Å²) in [6.45, 7) is 9.59. The van der Waals surface area contributed by atoms with E-state index in [1.807, 2.05) is 26.1 Å². The quantitative estimate of drug-likeness (QED) is 0.753. The zero-order valence-corrected chi connectivity index (χ0v) is 13.5. The molecule has 0 aromatic heterocycles. The Kier molecular flexibility index (Phi) is 7.00. The van der Waals surface area contributed by atoms with E-state index < -0.39 is 0 Å². The van der Waals surface area contributed by atoms with E-state index in [1.54, 1.807) is 6.07 Å². The highest BCUT2D eigenvalue weighted by Gasteiger charge is 2.21. The van der Waals surface area contributed by atoms with Crippen molar-refractivity contribution in [3.63, 3.8) is 0 Å². The van der Waals surface area contributed by atoms with E-state index in [2.05, 4.69) is 31.0 Å². The van der Waals surface area contributed by atoms with Crippen molar-refractivity contribution in [2.45, 2.75) is 59.0 Å². The fraction of sp³-hybridized carbons (Fsp3) is 0.647. The molecule has 1 N–H and O–H groups in total. The van der Waals surface area contributed by atoms with E-state index in [1.165, 1.54) is 0 Å². The Morgan fingerprint density at radius 1 is 1.25 bits per heavy atom. The minimum atomic E-state index is -0.117. The summed E-state index contributed by atoms with van der Waals surface area (Å²) in [5, 5.41) is 3.16. The molecule has 0 heterocycles. The van der Waals surface area contributed by atoms with Crippen LogP contribution in [0.15, 0.2) is 18.2 Å². The van der Waals surface area contributed by atoms with Crippen LogP contribution in [0.3, 0.4) is 0 Å². The zero-order chi connectivity index (χ0) is 15.1. The van der Waals surface area contributed by atoms with Gasteiger partial charge >= 0.3 is 0 Å². The first-order valence-corrected chi connectivity index (χ1v) is 7.79. The summed E-state index contributed by atoms with van der Waals surface area (Å²) < 4.78 is 14.3. The first kappa shape index (κ1) is 17.0. The van der Waals surface area contributed by atoms with Crippen LogP contribution in [0.2, 0.25) is 0 Å². The molecule has 3 heteroatoms. The number of nitrogens with one attached hydrogen (secondary N) is 1. The molecule has 1 aromatic rings. The van der Waals surface area contributed by atoms with E-state index in [-0.39, 0.29) is 11.9 Å². The number of hydrogen-bond donors (Lipinski definition) is 1. The molecule has 0 spiro atoms. The summed E-state index contributed by atoms with van der Waals surface area (Å²) in [5.41, 5.74) is 1.82. The van der Waals surface area contributed by atoms with Crippen molar-refractivity contribution in [2.75, 3.05) is 18.5 Å². The molecule has 0 bridgehead atoms. The predicted molar refractivity (Wildman–Crippen MR) is 85.9 cm³/mol. The number of rotatable bonds is 8. The second-order valence-corrected chi connectivity index (χ2v) is 5.49. The van der Waals surface area contributed by atoms with Gasteiger partial charge in [-0.1, -0.05) is 26.3 Å². The Morgan fingerprint density at radius 3 is 2.50 bits per heavy atom. The molecule has 0 aliphatic heterocycles. The minimum absolute atomic E-state index is 0.0133. The van der Waals surface area contributed by atoms with E-state index >= 15 is 0 Å². The second kappa shape index (κ2) is 8.25. The Bertz CT molecular complexity index is 406. The highest BCUT2D eigenvalue weighted by molar-refractivity contribution is 5.56. The van der Waals surface area contributed by atoms with Crippen molar-refractivity contribution >= 4 is 5.69 Å². The Labute approximate surface area is 123 Å². The van der Waals surface area contributed by atoms with E-state index in [0.29, 0.717) is 6.04 Å². The van der Waals surface area contributed by atoms with Gasteiger partial charge in [0.05, 0.1) is 0 Å². The van der Waals surface area contributed by atoms with Crippen LogP contribution in [0, 0.1) is 5.82 Å². The van der Waals surface area contributed by atoms with Crippen LogP contribution >= 0.6 is 0 Å². The van der Waals surface area contributed by atoms with Crippen LogP contribution in [0.4, 0.5) is 10.1 Å². The number of unbranched alkanes of at least 4 members (excludes halogenated alkanes) is 1. The number of halogens is 1. The molecule has 1 aromatic carbocycles. The molecule has 0 aliphatic rings. The topological polar surface area (TPSA) is 15.3 Å². The highest BCUT2D eigenvalue weighted by atomic mass is 19.1. The first-order valence-electron chi connectivity index (χ1n) is 7.79. The van der Waals surface area contributed by atoms with Gasteiger partial charge in [-0.3, -0.25) is 0 Å². The molecular formula is C17H29FN2. The molecule has 114 valence electrons. The smallest absolute Gasteiger partial charge is 0.130 e. The molecule has 20 heavy (non-hydrogen) atoms. The van der Waals surface area contributed by atoms with Crippen LogP contribution in [0.25, 0.3) is 0 Å². The van der Waals surface area contributed by atoms with Gasteiger partial charge in [-0.25, -0.2) is 4.39 Å². The molecule has 0 aliphatic carbocycles. The Morgan fingerprint density at radius 2 is 1.95 bits per heavy atom. The molecule has 0 amide bonds. The SMILES string of the molecule is CCCCN(c1cccc(F)c1C(C)NC)C(C)CC. The fourth-order valence-electron chi connectivity index (χ4n) is 2.48. The Balaban J connectivity index is 3.21. The van der Waals surface area contributed by atoms with Gasteiger partial charge in [0.15, 0.2) is 0 Å².